The van der Waals surface area contributed by atoms with Gasteiger partial charge in [-0.25, -0.2) is 0 Å². The summed E-state index contributed by atoms with van der Waals surface area (Å²) >= 11 is 0. The molecule has 1 aromatic rings. The number of anilines is 2. The van der Waals surface area contributed by atoms with E-state index >= 15 is 0 Å². The van der Waals surface area contributed by atoms with Crippen LogP contribution in [0, 0.1) is 5.92 Å². The van der Waals surface area contributed by atoms with E-state index in [2.05, 4.69) is 17.2 Å². The van der Waals surface area contributed by atoms with Crippen LogP contribution < -0.4 is 15.8 Å². The molecule has 1 fully saturated rings. The highest BCUT2D eigenvalue weighted by Gasteiger charge is 2.19. The number of pyridine rings is 1. The molecule has 3 N–H and O–H groups in total. The molecule has 0 spiro atoms. The third-order valence-electron chi connectivity index (χ3n) is 3.12. The average Bonchev–Trinajstić information content (AvgIpc) is 3.19. The number of nitrogens with one attached hydrogen (secondary N) is 1. The van der Waals surface area contributed by atoms with Crippen LogP contribution in [0.15, 0.2) is 12.1 Å². The van der Waals surface area contributed by atoms with Crippen molar-refractivity contribution in [2.24, 2.45) is 5.92 Å². The van der Waals surface area contributed by atoms with Crippen LogP contribution in [0.1, 0.15) is 39.0 Å². The molecule has 0 radical (unpaired) electrons. The maximum Gasteiger partial charge on any atom is 0.239 e. The Hall–Kier alpha value is -1.45. The lowest BCUT2D eigenvalue weighted by atomic mass is 10.2. The molecule has 18 heavy (non-hydrogen) atoms. The minimum atomic E-state index is 0.545. The molecule has 0 atom stereocenters. The molecule has 0 unspecified atom stereocenters. The molecule has 4 nitrogen and oxygen atoms in total. The van der Waals surface area contributed by atoms with Crippen LogP contribution in [0.5, 0.6) is 5.88 Å². The lowest BCUT2D eigenvalue weighted by Crippen LogP contribution is -2.07. The van der Waals surface area contributed by atoms with Gasteiger partial charge in [0, 0.05) is 6.54 Å². The second kappa shape index (κ2) is 6.47. The molecule has 0 saturated heterocycles. The molecule has 1 heterocycles. The number of rotatable bonds is 8. The van der Waals surface area contributed by atoms with E-state index in [1.807, 2.05) is 12.1 Å². The van der Waals surface area contributed by atoms with Crippen molar-refractivity contribution in [3.05, 3.63) is 12.1 Å². The molecule has 0 amide bonds. The Morgan fingerprint density at radius 2 is 2.28 bits per heavy atom. The van der Waals surface area contributed by atoms with Crippen LogP contribution >= 0.6 is 0 Å². The van der Waals surface area contributed by atoms with Crippen molar-refractivity contribution < 1.29 is 4.74 Å². The monoisotopic (exact) mass is 249 g/mol. The molecule has 0 bridgehead atoms. The smallest absolute Gasteiger partial charge is 0.239 e. The van der Waals surface area contributed by atoms with Crippen molar-refractivity contribution >= 4 is 11.5 Å². The van der Waals surface area contributed by atoms with Gasteiger partial charge >= 0.3 is 0 Å². The zero-order chi connectivity index (χ0) is 12.8. The molecule has 1 aliphatic rings. The first-order chi connectivity index (χ1) is 8.79. The third-order valence-corrected chi connectivity index (χ3v) is 3.12. The summed E-state index contributed by atoms with van der Waals surface area (Å²) in [6.07, 6.45) is 6.35. The maximum atomic E-state index is 5.82. The van der Waals surface area contributed by atoms with E-state index in [1.54, 1.807) is 0 Å². The second-order valence-electron chi connectivity index (χ2n) is 4.95. The Labute approximate surface area is 109 Å². The predicted molar refractivity (Wildman–Crippen MR) is 74.9 cm³/mol. The summed E-state index contributed by atoms with van der Waals surface area (Å²) in [7, 11) is 0. The molecule has 1 aliphatic carbocycles. The summed E-state index contributed by atoms with van der Waals surface area (Å²) in [6, 6.07) is 3.76. The molecule has 2 rings (SSSR count). The van der Waals surface area contributed by atoms with E-state index in [0.717, 1.165) is 24.7 Å². The summed E-state index contributed by atoms with van der Waals surface area (Å²) in [5, 5.41) is 3.33. The number of nitrogens with two attached hydrogens (primary N) is 1. The van der Waals surface area contributed by atoms with Gasteiger partial charge in [-0.1, -0.05) is 19.8 Å². The summed E-state index contributed by atoms with van der Waals surface area (Å²) in [4.78, 5) is 4.38. The van der Waals surface area contributed by atoms with Crippen LogP contribution in [0.4, 0.5) is 11.5 Å². The van der Waals surface area contributed by atoms with Gasteiger partial charge in [0.1, 0.15) is 5.82 Å². The van der Waals surface area contributed by atoms with Gasteiger partial charge in [0.2, 0.25) is 5.88 Å². The quantitative estimate of drug-likeness (QED) is 0.695. The summed E-state index contributed by atoms with van der Waals surface area (Å²) < 4.78 is 5.51. The second-order valence-corrected chi connectivity index (χ2v) is 4.95. The van der Waals surface area contributed by atoms with Gasteiger partial charge in [0.05, 0.1) is 12.3 Å². The molecule has 1 aromatic heterocycles. The fourth-order valence-electron chi connectivity index (χ4n) is 1.88. The lowest BCUT2D eigenvalue weighted by Gasteiger charge is -2.10. The van der Waals surface area contributed by atoms with E-state index < -0.39 is 0 Å². The molecule has 100 valence electrons. The Morgan fingerprint density at radius 1 is 1.44 bits per heavy atom. The zero-order valence-corrected chi connectivity index (χ0v) is 11.1. The summed E-state index contributed by atoms with van der Waals surface area (Å²) in [6.45, 7) is 3.69. The van der Waals surface area contributed by atoms with E-state index in [-0.39, 0.29) is 0 Å². The van der Waals surface area contributed by atoms with Crippen molar-refractivity contribution in [2.45, 2.75) is 39.0 Å². The van der Waals surface area contributed by atoms with Crippen molar-refractivity contribution in [1.82, 2.24) is 4.98 Å². The Balaban J connectivity index is 1.79. The van der Waals surface area contributed by atoms with E-state index in [1.165, 1.54) is 25.7 Å². The normalized spacial score (nSPS) is 14.5. The van der Waals surface area contributed by atoms with E-state index in [9.17, 15) is 0 Å². The Morgan fingerprint density at radius 3 is 3.00 bits per heavy atom. The molecule has 1 saturated carbocycles. The Kier molecular flexibility index (Phi) is 4.67. The van der Waals surface area contributed by atoms with Gasteiger partial charge in [-0.15, -0.1) is 0 Å². The molecular weight excluding hydrogens is 226 g/mol. The van der Waals surface area contributed by atoms with Gasteiger partial charge in [-0.05, 0) is 37.3 Å². The number of nitrogen functional groups attached to an aromatic ring is 1. The van der Waals surface area contributed by atoms with Crippen LogP contribution in [0.25, 0.3) is 0 Å². The van der Waals surface area contributed by atoms with Gasteiger partial charge in [0.25, 0.3) is 0 Å². The molecule has 0 aliphatic heterocycles. The molecule has 4 heteroatoms. The first-order valence-electron chi connectivity index (χ1n) is 6.92. The minimum Gasteiger partial charge on any atom is -0.476 e. The summed E-state index contributed by atoms with van der Waals surface area (Å²) in [5.74, 6) is 2.39. The van der Waals surface area contributed by atoms with E-state index in [4.69, 9.17) is 10.5 Å². The van der Waals surface area contributed by atoms with Gasteiger partial charge in [-0.2, -0.15) is 4.98 Å². The van der Waals surface area contributed by atoms with Gasteiger partial charge < -0.3 is 15.8 Å². The predicted octanol–water partition coefficient (Wildman–Crippen LogP) is 3.05. The largest absolute Gasteiger partial charge is 0.476 e. The molecule has 0 aromatic carbocycles. The number of hydrogen-bond acceptors (Lipinski definition) is 4. The van der Waals surface area contributed by atoms with Crippen LogP contribution in [0.2, 0.25) is 0 Å². The number of aromatic nitrogens is 1. The third kappa shape index (κ3) is 4.09. The Bertz CT molecular complexity index is 377. The van der Waals surface area contributed by atoms with Crippen molar-refractivity contribution in [1.29, 1.82) is 0 Å². The fourth-order valence-corrected chi connectivity index (χ4v) is 1.88. The van der Waals surface area contributed by atoms with Crippen molar-refractivity contribution in [3.63, 3.8) is 0 Å². The summed E-state index contributed by atoms with van der Waals surface area (Å²) in [5.41, 5.74) is 6.42. The molecular formula is C14H23N3O. The minimum absolute atomic E-state index is 0.545. The number of ether oxygens (including phenoxy) is 1. The highest BCUT2D eigenvalue weighted by Crippen LogP contribution is 2.33. The fraction of sp³-hybridized carbons (Fsp3) is 0.643. The van der Waals surface area contributed by atoms with Crippen molar-refractivity contribution in [2.75, 3.05) is 24.2 Å². The van der Waals surface area contributed by atoms with Gasteiger partial charge in [-0.3, -0.25) is 0 Å². The first kappa shape index (κ1) is 13.0. The lowest BCUT2D eigenvalue weighted by molar-refractivity contribution is 0.307. The standard InChI is InChI=1S/C14H23N3O/c1-2-10-18-14-12(15)7-8-13(17-14)16-9-3-4-11-5-6-11/h7-8,11H,2-6,9-10,15H2,1H3,(H,16,17). The van der Waals surface area contributed by atoms with Gasteiger partial charge in [0.15, 0.2) is 0 Å². The zero-order valence-electron chi connectivity index (χ0n) is 11.1. The number of nitrogens with zero attached hydrogens (tertiary/aromatic N) is 1. The van der Waals surface area contributed by atoms with Crippen LogP contribution in [-0.2, 0) is 0 Å². The highest BCUT2D eigenvalue weighted by atomic mass is 16.5. The van der Waals surface area contributed by atoms with E-state index in [0.29, 0.717) is 18.2 Å². The average molecular weight is 249 g/mol. The van der Waals surface area contributed by atoms with Crippen LogP contribution in [-0.4, -0.2) is 18.1 Å². The first-order valence-corrected chi connectivity index (χ1v) is 6.92. The number of hydrogen-bond donors (Lipinski definition) is 2. The topological polar surface area (TPSA) is 60.2 Å². The van der Waals surface area contributed by atoms with Crippen LogP contribution in [0.3, 0.4) is 0 Å². The highest BCUT2D eigenvalue weighted by molar-refractivity contribution is 5.53. The maximum absolute atomic E-state index is 5.82. The van der Waals surface area contributed by atoms with Crippen molar-refractivity contribution in [3.8, 4) is 5.88 Å². The SMILES string of the molecule is CCCOc1nc(NCCCC2CC2)ccc1N.